The second-order valence-corrected chi connectivity index (χ2v) is 4.04. The number of rotatable bonds is 3. The molecule has 0 saturated heterocycles. The molecule has 0 aliphatic rings. The average molecular weight is 216 g/mol. The van der Waals surface area contributed by atoms with Gasteiger partial charge in [-0.2, -0.15) is 5.10 Å². The maximum Gasteiger partial charge on any atom is 0.131 e. The fourth-order valence-corrected chi connectivity index (χ4v) is 1.49. The van der Waals surface area contributed by atoms with E-state index in [-0.39, 0.29) is 0 Å². The van der Waals surface area contributed by atoms with Crippen molar-refractivity contribution in [1.29, 1.82) is 0 Å². The molecule has 4 nitrogen and oxygen atoms in total. The van der Waals surface area contributed by atoms with Crippen molar-refractivity contribution < 1.29 is 0 Å². The second-order valence-electron chi connectivity index (χ2n) is 4.04. The zero-order valence-electron chi connectivity index (χ0n) is 9.88. The van der Waals surface area contributed by atoms with Crippen LogP contribution in [0.2, 0.25) is 0 Å². The molecule has 0 saturated carbocycles. The van der Waals surface area contributed by atoms with Crippen molar-refractivity contribution in [2.24, 2.45) is 7.05 Å². The molecule has 2 rings (SSSR count). The molecule has 0 radical (unpaired) electrons. The fourth-order valence-electron chi connectivity index (χ4n) is 1.49. The number of nitrogens with zero attached hydrogens (tertiary/aromatic N) is 4. The van der Waals surface area contributed by atoms with Crippen molar-refractivity contribution in [3.63, 3.8) is 0 Å². The van der Waals surface area contributed by atoms with Crippen LogP contribution in [0.3, 0.4) is 0 Å². The van der Waals surface area contributed by atoms with Crippen LogP contribution in [0.15, 0.2) is 24.8 Å². The predicted octanol–water partition coefficient (Wildman–Crippen LogP) is 2.39. The van der Waals surface area contributed by atoms with Crippen LogP contribution in [0, 0.1) is 0 Å². The molecule has 0 N–H and O–H groups in total. The zero-order valence-corrected chi connectivity index (χ0v) is 9.88. The topological polar surface area (TPSA) is 43.6 Å². The third-order valence-electron chi connectivity index (χ3n) is 2.76. The van der Waals surface area contributed by atoms with Crippen LogP contribution in [-0.2, 0) is 7.05 Å². The van der Waals surface area contributed by atoms with Crippen molar-refractivity contribution >= 4 is 0 Å². The van der Waals surface area contributed by atoms with E-state index in [0.29, 0.717) is 5.92 Å². The molecular weight excluding hydrogens is 200 g/mol. The largest absolute Gasteiger partial charge is 0.275 e. The van der Waals surface area contributed by atoms with E-state index >= 15 is 0 Å². The molecule has 0 spiro atoms. The third-order valence-corrected chi connectivity index (χ3v) is 2.76. The second kappa shape index (κ2) is 4.43. The molecule has 1 atom stereocenters. The third kappa shape index (κ3) is 2.10. The van der Waals surface area contributed by atoms with E-state index in [1.807, 2.05) is 31.8 Å². The van der Waals surface area contributed by atoms with Crippen molar-refractivity contribution in [2.75, 3.05) is 0 Å². The molecule has 0 aliphatic heterocycles. The first-order chi connectivity index (χ1) is 7.70. The predicted molar refractivity (Wildman–Crippen MR) is 62.9 cm³/mol. The van der Waals surface area contributed by atoms with E-state index < -0.39 is 0 Å². The quantitative estimate of drug-likeness (QED) is 0.791. The standard InChI is InChI=1S/C12H16N4/c1-4-9(2)12-13-5-10(6-14-12)11-7-15-16(3)8-11/h5-9H,4H2,1-3H3. The average Bonchev–Trinajstić information content (AvgIpc) is 2.75. The zero-order chi connectivity index (χ0) is 11.5. The highest BCUT2D eigenvalue weighted by Crippen LogP contribution is 2.19. The minimum absolute atomic E-state index is 0.419. The highest BCUT2D eigenvalue weighted by atomic mass is 15.2. The summed E-state index contributed by atoms with van der Waals surface area (Å²) in [6.07, 6.45) is 8.58. The summed E-state index contributed by atoms with van der Waals surface area (Å²) in [5.41, 5.74) is 2.07. The van der Waals surface area contributed by atoms with Gasteiger partial charge in [0.25, 0.3) is 0 Å². The van der Waals surface area contributed by atoms with Crippen molar-refractivity contribution in [1.82, 2.24) is 19.7 Å². The van der Waals surface area contributed by atoms with Crippen molar-refractivity contribution in [3.8, 4) is 11.1 Å². The summed E-state index contributed by atoms with van der Waals surface area (Å²) in [5.74, 6) is 1.33. The van der Waals surface area contributed by atoms with Crippen LogP contribution in [0.4, 0.5) is 0 Å². The summed E-state index contributed by atoms with van der Waals surface area (Å²) >= 11 is 0. The van der Waals surface area contributed by atoms with Gasteiger partial charge in [-0.1, -0.05) is 13.8 Å². The van der Waals surface area contributed by atoms with Crippen molar-refractivity contribution in [3.05, 3.63) is 30.6 Å². The monoisotopic (exact) mass is 216 g/mol. The normalized spacial score (nSPS) is 12.7. The van der Waals surface area contributed by atoms with Crippen LogP contribution in [0.5, 0.6) is 0 Å². The van der Waals surface area contributed by atoms with Gasteiger partial charge in [0.05, 0.1) is 6.20 Å². The summed E-state index contributed by atoms with van der Waals surface area (Å²) in [6, 6.07) is 0. The summed E-state index contributed by atoms with van der Waals surface area (Å²) in [5, 5.41) is 4.13. The van der Waals surface area contributed by atoms with Gasteiger partial charge in [-0.25, -0.2) is 9.97 Å². The minimum atomic E-state index is 0.419. The Morgan fingerprint density at radius 1 is 1.19 bits per heavy atom. The lowest BCUT2D eigenvalue weighted by Crippen LogP contribution is -1.99. The molecule has 2 heterocycles. The summed E-state index contributed by atoms with van der Waals surface area (Å²) in [6.45, 7) is 4.28. The SMILES string of the molecule is CCC(C)c1ncc(-c2cnn(C)c2)cn1. The van der Waals surface area contributed by atoms with E-state index in [2.05, 4.69) is 28.9 Å². The van der Waals surface area contributed by atoms with Crippen LogP contribution >= 0.6 is 0 Å². The molecule has 0 fully saturated rings. The fraction of sp³-hybridized carbons (Fsp3) is 0.417. The Balaban J connectivity index is 2.25. The van der Waals surface area contributed by atoms with Gasteiger partial charge in [0.15, 0.2) is 0 Å². The highest BCUT2D eigenvalue weighted by molar-refractivity contribution is 5.59. The van der Waals surface area contributed by atoms with Gasteiger partial charge in [-0.05, 0) is 6.42 Å². The van der Waals surface area contributed by atoms with Gasteiger partial charge in [-0.3, -0.25) is 4.68 Å². The number of hydrogen-bond donors (Lipinski definition) is 0. The van der Waals surface area contributed by atoms with Crippen LogP contribution in [0.1, 0.15) is 32.0 Å². The van der Waals surface area contributed by atoms with E-state index in [4.69, 9.17) is 0 Å². The van der Waals surface area contributed by atoms with Crippen molar-refractivity contribution in [2.45, 2.75) is 26.2 Å². The van der Waals surface area contributed by atoms with Gasteiger partial charge >= 0.3 is 0 Å². The van der Waals surface area contributed by atoms with E-state index in [0.717, 1.165) is 23.4 Å². The van der Waals surface area contributed by atoms with E-state index in [1.165, 1.54) is 0 Å². The first-order valence-electron chi connectivity index (χ1n) is 5.51. The minimum Gasteiger partial charge on any atom is -0.275 e. The molecule has 0 aromatic carbocycles. The molecule has 0 amide bonds. The first kappa shape index (κ1) is 10.8. The van der Waals surface area contributed by atoms with Gasteiger partial charge in [-0.15, -0.1) is 0 Å². The van der Waals surface area contributed by atoms with Gasteiger partial charge < -0.3 is 0 Å². The molecule has 2 aromatic heterocycles. The lowest BCUT2D eigenvalue weighted by molar-refractivity contribution is 0.678. The summed E-state index contributed by atoms with van der Waals surface area (Å²) in [4.78, 5) is 8.77. The molecule has 2 aromatic rings. The molecule has 4 heteroatoms. The van der Waals surface area contributed by atoms with E-state index in [1.54, 1.807) is 4.68 Å². The highest BCUT2D eigenvalue weighted by Gasteiger charge is 2.07. The lowest BCUT2D eigenvalue weighted by atomic mass is 10.1. The smallest absolute Gasteiger partial charge is 0.131 e. The summed E-state index contributed by atoms with van der Waals surface area (Å²) in [7, 11) is 1.90. The van der Waals surface area contributed by atoms with E-state index in [9.17, 15) is 0 Å². The Morgan fingerprint density at radius 2 is 1.88 bits per heavy atom. The Morgan fingerprint density at radius 3 is 2.38 bits per heavy atom. The number of aromatic nitrogens is 4. The van der Waals surface area contributed by atoms with Crippen LogP contribution in [0.25, 0.3) is 11.1 Å². The lowest BCUT2D eigenvalue weighted by Gasteiger charge is -2.06. The van der Waals surface area contributed by atoms with Gasteiger partial charge in [0.2, 0.25) is 0 Å². The molecule has 0 bridgehead atoms. The maximum atomic E-state index is 4.39. The Kier molecular flexibility index (Phi) is 2.99. The molecule has 0 aliphatic carbocycles. The summed E-state index contributed by atoms with van der Waals surface area (Å²) < 4.78 is 1.78. The Bertz CT molecular complexity index is 458. The van der Waals surface area contributed by atoms with Gasteiger partial charge in [0, 0.05) is 42.7 Å². The van der Waals surface area contributed by atoms with Crippen LogP contribution in [-0.4, -0.2) is 19.7 Å². The number of hydrogen-bond acceptors (Lipinski definition) is 3. The molecular formula is C12H16N4. The molecule has 1 unspecified atom stereocenters. The number of aryl methyl sites for hydroxylation is 1. The molecule has 84 valence electrons. The molecule has 16 heavy (non-hydrogen) atoms. The van der Waals surface area contributed by atoms with Gasteiger partial charge in [0.1, 0.15) is 5.82 Å². The van der Waals surface area contributed by atoms with Crippen LogP contribution < -0.4 is 0 Å². The Labute approximate surface area is 95.4 Å². The maximum absolute atomic E-state index is 4.39. The Hall–Kier alpha value is -1.71. The first-order valence-corrected chi connectivity index (χ1v) is 5.51.